The molecule has 2 heterocycles. The lowest BCUT2D eigenvalue weighted by Gasteiger charge is -2.10. The summed E-state index contributed by atoms with van der Waals surface area (Å²) < 4.78 is 15.8. The minimum Gasteiger partial charge on any atom is -0.487 e. The van der Waals surface area contributed by atoms with E-state index in [-0.39, 0.29) is 12.9 Å². The highest BCUT2D eigenvalue weighted by Gasteiger charge is 2.16. The molecule has 0 atom stereocenters. The molecular formula is C10H13NO4. The summed E-state index contributed by atoms with van der Waals surface area (Å²) in [5, 5.41) is 8.79. The first-order valence-electron chi connectivity index (χ1n) is 4.80. The van der Waals surface area contributed by atoms with Crippen molar-refractivity contribution in [3.05, 3.63) is 24.0 Å². The largest absolute Gasteiger partial charge is 0.487 e. The van der Waals surface area contributed by atoms with Crippen LogP contribution >= 0.6 is 0 Å². The Bertz CT molecular complexity index is 295. The van der Waals surface area contributed by atoms with Gasteiger partial charge in [0.1, 0.15) is 12.4 Å². The lowest BCUT2D eigenvalue weighted by molar-refractivity contribution is -0.0684. The molecule has 0 radical (unpaired) electrons. The van der Waals surface area contributed by atoms with Crippen molar-refractivity contribution in [3.8, 4) is 5.75 Å². The Kier molecular flexibility index (Phi) is 3.49. The van der Waals surface area contributed by atoms with Crippen molar-refractivity contribution in [2.24, 2.45) is 0 Å². The van der Waals surface area contributed by atoms with E-state index in [1.807, 2.05) is 0 Å². The van der Waals surface area contributed by atoms with Crippen LogP contribution in [0.15, 0.2) is 18.3 Å². The predicted molar refractivity (Wildman–Crippen MR) is 51.3 cm³/mol. The maximum atomic E-state index is 8.79. The van der Waals surface area contributed by atoms with E-state index in [0.29, 0.717) is 31.3 Å². The minimum atomic E-state index is -0.275. The molecule has 0 aromatic carbocycles. The molecule has 1 saturated heterocycles. The third-order valence-electron chi connectivity index (χ3n) is 2.04. The predicted octanol–water partition coefficient (Wildman–Crippen LogP) is 0.326. The van der Waals surface area contributed by atoms with Crippen LogP contribution in [0.4, 0.5) is 0 Å². The molecule has 1 N–H and O–H groups in total. The van der Waals surface area contributed by atoms with E-state index >= 15 is 0 Å². The van der Waals surface area contributed by atoms with Gasteiger partial charge >= 0.3 is 0 Å². The summed E-state index contributed by atoms with van der Waals surface area (Å²) in [6.07, 6.45) is 1.29. The molecule has 82 valence electrons. The average molecular weight is 211 g/mol. The van der Waals surface area contributed by atoms with Gasteiger partial charge in [-0.25, -0.2) is 0 Å². The number of aromatic nitrogens is 1. The van der Waals surface area contributed by atoms with Crippen molar-refractivity contribution in [1.82, 2.24) is 4.98 Å². The second-order valence-corrected chi connectivity index (χ2v) is 3.13. The molecule has 1 aliphatic heterocycles. The fourth-order valence-electron chi connectivity index (χ4n) is 1.26. The Morgan fingerprint density at radius 1 is 1.40 bits per heavy atom. The molecule has 0 saturated carbocycles. The summed E-state index contributed by atoms with van der Waals surface area (Å²) in [5.41, 5.74) is 0.621. The van der Waals surface area contributed by atoms with E-state index in [2.05, 4.69) is 4.98 Å². The Morgan fingerprint density at radius 3 is 2.80 bits per heavy atom. The number of aliphatic hydroxyl groups is 1. The van der Waals surface area contributed by atoms with Gasteiger partial charge in [0.05, 0.1) is 31.7 Å². The molecule has 2 rings (SSSR count). The van der Waals surface area contributed by atoms with Crippen molar-refractivity contribution in [2.45, 2.75) is 12.9 Å². The Morgan fingerprint density at radius 2 is 2.20 bits per heavy atom. The van der Waals surface area contributed by atoms with Crippen LogP contribution in [-0.4, -0.2) is 36.2 Å². The van der Waals surface area contributed by atoms with Crippen LogP contribution in [0.3, 0.4) is 0 Å². The Balaban J connectivity index is 1.82. The van der Waals surface area contributed by atoms with E-state index in [1.165, 1.54) is 0 Å². The van der Waals surface area contributed by atoms with Crippen LogP contribution < -0.4 is 4.74 Å². The number of hydrogen-bond acceptors (Lipinski definition) is 5. The van der Waals surface area contributed by atoms with Crippen molar-refractivity contribution in [3.63, 3.8) is 0 Å². The number of ether oxygens (including phenoxy) is 3. The number of pyridine rings is 1. The van der Waals surface area contributed by atoms with Crippen molar-refractivity contribution >= 4 is 0 Å². The van der Waals surface area contributed by atoms with Gasteiger partial charge in [0, 0.05) is 0 Å². The molecule has 0 bridgehead atoms. The topological polar surface area (TPSA) is 60.8 Å². The third kappa shape index (κ3) is 2.89. The van der Waals surface area contributed by atoms with Gasteiger partial charge in [-0.3, -0.25) is 4.98 Å². The highest BCUT2D eigenvalue weighted by molar-refractivity contribution is 5.19. The summed E-state index contributed by atoms with van der Waals surface area (Å²) in [6.45, 7) is 1.54. The molecule has 5 nitrogen and oxygen atoms in total. The number of rotatable bonds is 4. The zero-order chi connectivity index (χ0) is 10.5. The van der Waals surface area contributed by atoms with Gasteiger partial charge in [-0.2, -0.15) is 0 Å². The van der Waals surface area contributed by atoms with Gasteiger partial charge in [-0.15, -0.1) is 0 Å². The van der Waals surface area contributed by atoms with Gasteiger partial charge in [0.25, 0.3) is 0 Å². The average Bonchev–Trinajstić information content (AvgIpc) is 2.80. The highest BCUT2D eigenvalue weighted by Crippen LogP contribution is 2.11. The molecule has 1 fully saturated rings. The monoisotopic (exact) mass is 211 g/mol. The quantitative estimate of drug-likeness (QED) is 0.777. The van der Waals surface area contributed by atoms with Crippen LogP contribution in [0.5, 0.6) is 5.75 Å². The number of hydrogen-bond donors (Lipinski definition) is 1. The maximum absolute atomic E-state index is 8.79. The van der Waals surface area contributed by atoms with Gasteiger partial charge in [0.15, 0.2) is 6.29 Å². The van der Waals surface area contributed by atoms with Crippen LogP contribution in [0.1, 0.15) is 5.69 Å². The molecule has 5 heteroatoms. The molecular weight excluding hydrogens is 198 g/mol. The van der Waals surface area contributed by atoms with E-state index in [4.69, 9.17) is 19.3 Å². The van der Waals surface area contributed by atoms with Crippen molar-refractivity contribution in [1.29, 1.82) is 0 Å². The normalized spacial score (nSPS) is 16.9. The standard InChI is InChI=1S/C10H13NO4/c12-6-8-1-2-9(5-11-8)15-7-10-13-3-4-14-10/h1-2,5,10,12H,3-4,6-7H2. The van der Waals surface area contributed by atoms with Gasteiger partial charge < -0.3 is 19.3 Å². The zero-order valence-electron chi connectivity index (χ0n) is 8.26. The molecule has 0 unspecified atom stereocenters. The Labute approximate surface area is 87.6 Å². The summed E-state index contributed by atoms with van der Waals surface area (Å²) >= 11 is 0. The number of nitrogens with zero attached hydrogens (tertiary/aromatic N) is 1. The Hall–Kier alpha value is -1.17. The number of aliphatic hydroxyl groups excluding tert-OH is 1. The third-order valence-corrected chi connectivity index (χ3v) is 2.04. The van der Waals surface area contributed by atoms with Gasteiger partial charge in [-0.05, 0) is 12.1 Å². The van der Waals surface area contributed by atoms with Crippen molar-refractivity contribution < 1.29 is 19.3 Å². The second kappa shape index (κ2) is 5.06. The van der Waals surface area contributed by atoms with E-state index < -0.39 is 0 Å². The first-order chi connectivity index (χ1) is 7.38. The smallest absolute Gasteiger partial charge is 0.191 e. The molecule has 0 aliphatic carbocycles. The molecule has 0 amide bonds. The SMILES string of the molecule is OCc1ccc(OCC2OCCO2)cn1. The van der Waals surface area contributed by atoms with Crippen LogP contribution in [0, 0.1) is 0 Å². The molecule has 1 aromatic heterocycles. The fourth-order valence-corrected chi connectivity index (χ4v) is 1.26. The van der Waals surface area contributed by atoms with E-state index in [0.717, 1.165) is 0 Å². The zero-order valence-corrected chi connectivity index (χ0v) is 8.26. The van der Waals surface area contributed by atoms with Crippen LogP contribution in [-0.2, 0) is 16.1 Å². The molecule has 1 aliphatic rings. The van der Waals surface area contributed by atoms with E-state index in [1.54, 1.807) is 18.3 Å². The fraction of sp³-hybridized carbons (Fsp3) is 0.500. The second-order valence-electron chi connectivity index (χ2n) is 3.13. The molecule has 1 aromatic rings. The maximum Gasteiger partial charge on any atom is 0.191 e. The first kappa shape index (κ1) is 10.4. The van der Waals surface area contributed by atoms with Crippen LogP contribution in [0.25, 0.3) is 0 Å². The van der Waals surface area contributed by atoms with E-state index in [9.17, 15) is 0 Å². The first-order valence-corrected chi connectivity index (χ1v) is 4.80. The van der Waals surface area contributed by atoms with Crippen LogP contribution in [0.2, 0.25) is 0 Å². The highest BCUT2D eigenvalue weighted by atomic mass is 16.7. The lowest BCUT2D eigenvalue weighted by atomic mass is 10.3. The lowest BCUT2D eigenvalue weighted by Crippen LogP contribution is -2.18. The summed E-state index contributed by atoms with van der Waals surface area (Å²) in [4.78, 5) is 3.99. The molecule has 15 heavy (non-hydrogen) atoms. The summed E-state index contributed by atoms with van der Waals surface area (Å²) in [6, 6.07) is 3.47. The minimum absolute atomic E-state index is 0.0604. The summed E-state index contributed by atoms with van der Waals surface area (Å²) in [7, 11) is 0. The summed E-state index contributed by atoms with van der Waals surface area (Å²) in [5.74, 6) is 0.645. The van der Waals surface area contributed by atoms with Gasteiger partial charge in [0.2, 0.25) is 0 Å². The molecule has 0 spiro atoms. The van der Waals surface area contributed by atoms with Crippen molar-refractivity contribution in [2.75, 3.05) is 19.8 Å². The van der Waals surface area contributed by atoms with Gasteiger partial charge in [-0.1, -0.05) is 0 Å².